The summed E-state index contributed by atoms with van der Waals surface area (Å²) in [6, 6.07) is 8.11. The second kappa shape index (κ2) is 5.97. The van der Waals surface area contributed by atoms with Gasteiger partial charge in [0.1, 0.15) is 0 Å². The first-order valence-electron chi connectivity index (χ1n) is 5.89. The lowest BCUT2D eigenvalue weighted by Crippen LogP contribution is -2.26. The van der Waals surface area contributed by atoms with Crippen molar-refractivity contribution in [2.45, 2.75) is 0 Å². The van der Waals surface area contributed by atoms with Gasteiger partial charge < -0.3 is 15.4 Å². The summed E-state index contributed by atoms with van der Waals surface area (Å²) in [6.45, 7) is 0.110. The Balaban J connectivity index is 2.10. The number of rotatable bonds is 5. The van der Waals surface area contributed by atoms with Gasteiger partial charge in [0, 0.05) is 35.6 Å². The number of aromatic nitrogens is 1. The first kappa shape index (κ1) is 13.0. The number of carbonyl (C=O) groups is 2. The minimum absolute atomic E-state index is 0.0939. The molecule has 0 fully saturated rings. The number of carbonyl (C=O) groups excluding carboxylic acids is 2. The summed E-state index contributed by atoms with van der Waals surface area (Å²) in [7, 11) is 0. The van der Waals surface area contributed by atoms with Gasteiger partial charge in [0.15, 0.2) is 5.78 Å². The summed E-state index contributed by atoms with van der Waals surface area (Å²) in [5, 5.41) is 11.2. The maximum atomic E-state index is 12.0. The molecule has 0 aliphatic heterocycles. The van der Waals surface area contributed by atoms with E-state index in [9.17, 15) is 9.59 Å². The van der Waals surface area contributed by atoms with Crippen molar-refractivity contribution in [1.82, 2.24) is 10.3 Å². The molecule has 0 bridgehead atoms. The van der Waals surface area contributed by atoms with Gasteiger partial charge in [0.25, 0.3) is 5.91 Å². The normalized spacial score (nSPS) is 10.2. The fourth-order valence-electron chi connectivity index (χ4n) is 1.68. The smallest absolute Gasteiger partial charge is 0.251 e. The van der Waals surface area contributed by atoms with Crippen LogP contribution < -0.4 is 5.32 Å². The number of nitrogens with one attached hydrogen (secondary N) is 2. The van der Waals surface area contributed by atoms with Crippen LogP contribution in [0.15, 0.2) is 42.7 Å². The molecule has 0 radical (unpaired) electrons. The van der Waals surface area contributed by atoms with E-state index in [0.717, 1.165) is 0 Å². The van der Waals surface area contributed by atoms with Crippen LogP contribution in [0.4, 0.5) is 0 Å². The minimum atomic E-state index is -0.269. The topological polar surface area (TPSA) is 82.2 Å². The molecule has 0 aliphatic rings. The van der Waals surface area contributed by atoms with Gasteiger partial charge in [0.05, 0.1) is 6.61 Å². The molecule has 2 aromatic rings. The Hall–Kier alpha value is -2.40. The van der Waals surface area contributed by atoms with Crippen LogP contribution in [-0.4, -0.2) is 34.9 Å². The molecule has 2 rings (SSSR count). The highest BCUT2D eigenvalue weighted by Gasteiger charge is 2.10. The van der Waals surface area contributed by atoms with Gasteiger partial charge in [-0.1, -0.05) is 12.1 Å². The summed E-state index contributed by atoms with van der Waals surface area (Å²) in [6.07, 6.45) is 3.31. The molecule has 1 aromatic heterocycles. The summed E-state index contributed by atoms with van der Waals surface area (Å²) < 4.78 is 0. The Morgan fingerprint density at radius 3 is 2.32 bits per heavy atom. The molecule has 0 saturated heterocycles. The minimum Gasteiger partial charge on any atom is -0.395 e. The zero-order valence-electron chi connectivity index (χ0n) is 10.2. The first-order valence-corrected chi connectivity index (χ1v) is 5.89. The van der Waals surface area contributed by atoms with E-state index in [1.165, 1.54) is 0 Å². The van der Waals surface area contributed by atoms with Gasteiger partial charge in [0.2, 0.25) is 0 Å². The summed E-state index contributed by atoms with van der Waals surface area (Å²) in [5.41, 5.74) is 1.56. The molecule has 0 aliphatic carbocycles. The highest BCUT2D eigenvalue weighted by molar-refractivity contribution is 6.09. The number of amides is 1. The van der Waals surface area contributed by atoms with Crippen LogP contribution in [0.25, 0.3) is 0 Å². The van der Waals surface area contributed by atoms with Crippen LogP contribution in [0.2, 0.25) is 0 Å². The Labute approximate surface area is 110 Å². The number of aromatic amines is 1. The monoisotopic (exact) mass is 258 g/mol. The lowest BCUT2D eigenvalue weighted by atomic mass is 10.0. The van der Waals surface area contributed by atoms with E-state index in [2.05, 4.69) is 10.3 Å². The Kier molecular flexibility index (Phi) is 4.10. The quantitative estimate of drug-likeness (QED) is 0.699. The highest BCUT2D eigenvalue weighted by Crippen LogP contribution is 2.10. The maximum absolute atomic E-state index is 12.0. The van der Waals surface area contributed by atoms with Crippen molar-refractivity contribution < 1.29 is 14.7 Å². The zero-order valence-corrected chi connectivity index (χ0v) is 10.2. The average Bonchev–Trinajstić information content (AvgIpc) is 2.98. The lowest BCUT2D eigenvalue weighted by Gasteiger charge is -2.04. The third-order valence-electron chi connectivity index (χ3n) is 2.67. The second-order valence-electron chi connectivity index (χ2n) is 3.99. The van der Waals surface area contributed by atoms with Gasteiger partial charge >= 0.3 is 0 Å². The number of ketones is 1. The SMILES string of the molecule is O=C(NCCO)c1ccc(C(=O)c2cc[nH]c2)cc1. The molecule has 0 saturated carbocycles. The highest BCUT2D eigenvalue weighted by atomic mass is 16.3. The largest absolute Gasteiger partial charge is 0.395 e. The molecule has 1 heterocycles. The average molecular weight is 258 g/mol. The third kappa shape index (κ3) is 3.08. The third-order valence-corrected chi connectivity index (χ3v) is 2.67. The van der Waals surface area contributed by atoms with Crippen molar-refractivity contribution in [2.75, 3.05) is 13.2 Å². The molecule has 5 heteroatoms. The predicted octanol–water partition coefficient (Wildman–Crippen LogP) is 0.968. The van der Waals surface area contributed by atoms with Crippen molar-refractivity contribution >= 4 is 11.7 Å². The number of benzene rings is 1. The van der Waals surface area contributed by atoms with Crippen molar-refractivity contribution in [2.24, 2.45) is 0 Å². The van der Waals surface area contributed by atoms with Crippen molar-refractivity contribution in [1.29, 1.82) is 0 Å². The van der Waals surface area contributed by atoms with E-state index >= 15 is 0 Å². The molecule has 1 aromatic carbocycles. The predicted molar refractivity (Wildman–Crippen MR) is 70.1 cm³/mol. The lowest BCUT2D eigenvalue weighted by molar-refractivity contribution is 0.0943. The second-order valence-corrected chi connectivity index (χ2v) is 3.99. The molecule has 3 N–H and O–H groups in total. The van der Waals surface area contributed by atoms with Crippen LogP contribution in [0.5, 0.6) is 0 Å². The zero-order chi connectivity index (χ0) is 13.7. The van der Waals surface area contributed by atoms with Crippen LogP contribution >= 0.6 is 0 Å². The number of aliphatic hydroxyl groups excluding tert-OH is 1. The van der Waals surface area contributed by atoms with Crippen molar-refractivity contribution in [3.8, 4) is 0 Å². The van der Waals surface area contributed by atoms with Crippen molar-refractivity contribution in [3.63, 3.8) is 0 Å². The molecule has 5 nitrogen and oxygen atoms in total. The van der Waals surface area contributed by atoms with Crippen LogP contribution in [0, 0.1) is 0 Å². The van der Waals surface area contributed by atoms with Crippen LogP contribution in [0.3, 0.4) is 0 Å². The molecular formula is C14H14N2O3. The molecule has 19 heavy (non-hydrogen) atoms. The number of H-pyrrole nitrogens is 1. The maximum Gasteiger partial charge on any atom is 0.251 e. The summed E-state index contributed by atoms with van der Waals surface area (Å²) in [4.78, 5) is 26.4. The fourth-order valence-corrected chi connectivity index (χ4v) is 1.68. The first-order chi connectivity index (χ1) is 9.22. The van der Waals surface area contributed by atoms with E-state index in [4.69, 9.17) is 5.11 Å². The molecule has 1 amide bonds. The Morgan fingerprint density at radius 1 is 1.05 bits per heavy atom. The Bertz CT molecular complexity index is 559. The summed E-state index contributed by atoms with van der Waals surface area (Å²) >= 11 is 0. The number of hydrogen-bond donors (Lipinski definition) is 3. The van der Waals surface area contributed by atoms with E-state index < -0.39 is 0 Å². The van der Waals surface area contributed by atoms with E-state index in [1.54, 1.807) is 42.7 Å². The number of aliphatic hydroxyl groups is 1. The van der Waals surface area contributed by atoms with E-state index in [0.29, 0.717) is 16.7 Å². The fraction of sp³-hybridized carbons (Fsp3) is 0.143. The van der Waals surface area contributed by atoms with Gasteiger partial charge in [-0.25, -0.2) is 0 Å². The van der Waals surface area contributed by atoms with Gasteiger partial charge in [-0.3, -0.25) is 9.59 Å². The molecular weight excluding hydrogens is 244 g/mol. The number of hydrogen-bond acceptors (Lipinski definition) is 3. The molecule has 0 unspecified atom stereocenters. The standard InChI is InChI=1S/C14H14N2O3/c17-8-7-16-14(19)11-3-1-10(2-4-11)13(18)12-5-6-15-9-12/h1-6,9,15,17H,7-8H2,(H,16,19). The van der Waals surface area contributed by atoms with Gasteiger partial charge in [-0.05, 0) is 18.2 Å². The van der Waals surface area contributed by atoms with Crippen molar-refractivity contribution in [3.05, 3.63) is 59.4 Å². The van der Waals surface area contributed by atoms with Crippen LogP contribution in [0.1, 0.15) is 26.3 Å². The van der Waals surface area contributed by atoms with Gasteiger partial charge in [-0.15, -0.1) is 0 Å². The molecule has 0 atom stereocenters. The van der Waals surface area contributed by atoms with E-state index in [1.807, 2.05) is 0 Å². The van der Waals surface area contributed by atoms with E-state index in [-0.39, 0.29) is 24.8 Å². The van der Waals surface area contributed by atoms with Gasteiger partial charge in [-0.2, -0.15) is 0 Å². The Morgan fingerprint density at radius 2 is 1.74 bits per heavy atom. The molecule has 0 spiro atoms. The summed E-state index contributed by atoms with van der Waals surface area (Å²) in [5.74, 6) is -0.363. The van der Waals surface area contributed by atoms with Crippen LogP contribution in [-0.2, 0) is 0 Å². The molecule has 98 valence electrons.